The van der Waals surface area contributed by atoms with Crippen molar-refractivity contribution in [2.45, 2.75) is 6.42 Å². The van der Waals surface area contributed by atoms with E-state index < -0.39 is 8.80 Å². The Morgan fingerprint density at radius 3 is 1.88 bits per heavy atom. The Kier molecular flexibility index (Phi) is 5.07. The van der Waals surface area contributed by atoms with Gasteiger partial charge in [-0.1, -0.05) is 24.3 Å². The quantitative estimate of drug-likeness (QED) is 0.706. The van der Waals surface area contributed by atoms with Gasteiger partial charge in [0, 0.05) is 32.9 Å². The van der Waals surface area contributed by atoms with E-state index in [2.05, 4.69) is 0 Å². The van der Waals surface area contributed by atoms with Gasteiger partial charge in [0.05, 0.1) is 6.67 Å². The highest BCUT2D eigenvalue weighted by Crippen LogP contribution is 2.08. The molecule has 3 nitrogen and oxygen atoms in total. The summed E-state index contributed by atoms with van der Waals surface area (Å²) >= 11 is 0. The van der Waals surface area contributed by atoms with Crippen molar-refractivity contribution < 1.29 is 17.7 Å². The van der Waals surface area contributed by atoms with Gasteiger partial charge in [-0.2, -0.15) is 0 Å². The van der Waals surface area contributed by atoms with Crippen molar-refractivity contribution in [3.63, 3.8) is 0 Å². The van der Waals surface area contributed by atoms with Gasteiger partial charge >= 0.3 is 8.80 Å². The van der Waals surface area contributed by atoms with Crippen LogP contribution in [0, 0.1) is 0 Å². The first-order valence-electron chi connectivity index (χ1n) is 5.03. The Morgan fingerprint density at radius 1 is 1.00 bits per heavy atom. The van der Waals surface area contributed by atoms with Crippen LogP contribution < -0.4 is 5.19 Å². The van der Waals surface area contributed by atoms with E-state index in [1.54, 1.807) is 21.3 Å². The van der Waals surface area contributed by atoms with Crippen LogP contribution >= 0.6 is 0 Å². The smallest absolute Gasteiger partial charge is 0.373 e. The number of benzene rings is 1. The molecular weight excluding hydrogens is 227 g/mol. The minimum Gasteiger partial charge on any atom is -0.373 e. The normalized spacial score (nSPS) is 11.8. The molecule has 0 aliphatic heterocycles. The van der Waals surface area contributed by atoms with E-state index in [0.29, 0.717) is 6.42 Å². The van der Waals surface area contributed by atoms with Crippen molar-refractivity contribution in [3.05, 3.63) is 29.8 Å². The second-order valence-electron chi connectivity index (χ2n) is 3.30. The predicted molar refractivity (Wildman–Crippen MR) is 62.5 cm³/mol. The summed E-state index contributed by atoms with van der Waals surface area (Å²) in [6.45, 7) is -0.346. The summed E-state index contributed by atoms with van der Waals surface area (Å²) in [5, 5.41) is 0.877. The molecule has 1 aromatic rings. The molecule has 0 atom stereocenters. The van der Waals surface area contributed by atoms with Crippen LogP contribution in [-0.2, 0) is 19.7 Å². The second kappa shape index (κ2) is 6.10. The Hall–Kier alpha value is -0.753. The zero-order valence-corrected chi connectivity index (χ0v) is 10.8. The highest BCUT2D eigenvalue weighted by atomic mass is 28.4. The minimum atomic E-state index is -2.73. The van der Waals surface area contributed by atoms with Crippen LogP contribution in [0.5, 0.6) is 0 Å². The van der Waals surface area contributed by atoms with Crippen LogP contribution in [-0.4, -0.2) is 36.8 Å². The molecule has 0 aromatic heterocycles. The maximum atomic E-state index is 12.1. The monoisotopic (exact) mass is 244 g/mol. The first kappa shape index (κ1) is 13.3. The SMILES string of the molecule is CO[Si](OC)(OC)c1ccc(CCF)cc1. The molecular formula is C11H17FO3Si. The van der Waals surface area contributed by atoms with Crippen LogP contribution in [0.2, 0.25) is 0 Å². The molecule has 16 heavy (non-hydrogen) atoms. The van der Waals surface area contributed by atoms with E-state index in [4.69, 9.17) is 13.3 Å². The lowest BCUT2D eigenvalue weighted by Gasteiger charge is -2.24. The average Bonchev–Trinajstić information content (AvgIpc) is 2.34. The standard InChI is InChI=1S/C11H17FO3Si/c1-13-16(14-2,15-3)11-6-4-10(5-7-11)8-9-12/h4-7H,8-9H2,1-3H3. The minimum absolute atomic E-state index is 0.346. The maximum Gasteiger partial charge on any atom is 0.536 e. The van der Waals surface area contributed by atoms with Gasteiger partial charge in [0.15, 0.2) is 0 Å². The summed E-state index contributed by atoms with van der Waals surface area (Å²) in [5.41, 5.74) is 0.956. The summed E-state index contributed by atoms with van der Waals surface area (Å²) in [7, 11) is 1.96. The Bertz CT molecular complexity index is 303. The zero-order chi connectivity index (χ0) is 12.0. The van der Waals surface area contributed by atoms with Gasteiger partial charge < -0.3 is 13.3 Å². The third kappa shape index (κ3) is 2.68. The topological polar surface area (TPSA) is 27.7 Å². The van der Waals surface area contributed by atoms with E-state index in [1.807, 2.05) is 24.3 Å². The molecule has 0 spiro atoms. The van der Waals surface area contributed by atoms with Gasteiger partial charge in [-0.25, -0.2) is 0 Å². The van der Waals surface area contributed by atoms with E-state index in [1.165, 1.54) is 0 Å². The zero-order valence-electron chi connectivity index (χ0n) is 9.83. The van der Waals surface area contributed by atoms with Gasteiger partial charge in [0.25, 0.3) is 0 Å². The van der Waals surface area contributed by atoms with Gasteiger partial charge in [-0.05, 0) is 5.56 Å². The van der Waals surface area contributed by atoms with Crippen molar-refractivity contribution in [3.8, 4) is 0 Å². The lowest BCUT2D eigenvalue weighted by Crippen LogP contribution is -2.54. The van der Waals surface area contributed by atoms with Crippen molar-refractivity contribution in [1.82, 2.24) is 0 Å². The Balaban J connectivity index is 2.94. The van der Waals surface area contributed by atoms with Crippen LogP contribution in [0.1, 0.15) is 5.56 Å². The third-order valence-corrected chi connectivity index (χ3v) is 5.15. The van der Waals surface area contributed by atoms with Crippen molar-refractivity contribution in [2.24, 2.45) is 0 Å². The van der Waals surface area contributed by atoms with Crippen LogP contribution in [0.15, 0.2) is 24.3 Å². The van der Waals surface area contributed by atoms with Crippen LogP contribution in [0.4, 0.5) is 4.39 Å². The number of alkyl halides is 1. The van der Waals surface area contributed by atoms with E-state index >= 15 is 0 Å². The molecule has 0 bridgehead atoms. The molecule has 0 amide bonds. The highest BCUT2D eigenvalue weighted by molar-refractivity contribution is 6.75. The predicted octanol–water partition coefficient (Wildman–Crippen LogP) is 1.28. The summed E-state index contributed by atoms with van der Waals surface area (Å²) in [4.78, 5) is 0. The first-order chi connectivity index (χ1) is 7.72. The fourth-order valence-electron chi connectivity index (χ4n) is 1.59. The lowest BCUT2D eigenvalue weighted by atomic mass is 10.2. The fourth-order valence-corrected chi connectivity index (χ4v) is 3.37. The molecule has 0 radical (unpaired) electrons. The van der Waals surface area contributed by atoms with Crippen LogP contribution in [0.3, 0.4) is 0 Å². The average molecular weight is 244 g/mol. The van der Waals surface area contributed by atoms with Gasteiger partial charge in [0.1, 0.15) is 0 Å². The van der Waals surface area contributed by atoms with E-state index in [0.717, 1.165) is 10.8 Å². The largest absolute Gasteiger partial charge is 0.536 e. The molecule has 0 fully saturated rings. The van der Waals surface area contributed by atoms with E-state index in [-0.39, 0.29) is 6.67 Å². The molecule has 0 unspecified atom stereocenters. The molecule has 1 aromatic carbocycles. The van der Waals surface area contributed by atoms with Crippen LogP contribution in [0.25, 0.3) is 0 Å². The molecule has 0 N–H and O–H groups in total. The Labute approximate surface area is 96.5 Å². The molecule has 0 heterocycles. The summed E-state index contributed by atoms with van der Waals surface area (Å²) in [6.07, 6.45) is 0.432. The van der Waals surface area contributed by atoms with Gasteiger partial charge in [0.2, 0.25) is 0 Å². The number of rotatable bonds is 6. The molecule has 0 saturated carbocycles. The Morgan fingerprint density at radius 2 is 1.50 bits per heavy atom. The summed E-state index contributed by atoms with van der Waals surface area (Å²) in [6, 6.07) is 7.48. The van der Waals surface area contributed by atoms with E-state index in [9.17, 15) is 4.39 Å². The molecule has 5 heteroatoms. The summed E-state index contributed by atoms with van der Waals surface area (Å²) in [5.74, 6) is 0. The number of hydrogen-bond acceptors (Lipinski definition) is 3. The lowest BCUT2D eigenvalue weighted by molar-refractivity contribution is 0.140. The highest BCUT2D eigenvalue weighted by Gasteiger charge is 2.40. The number of halogens is 1. The molecule has 90 valence electrons. The molecule has 0 aliphatic rings. The number of hydrogen-bond donors (Lipinski definition) is 0. The first-order valence-corrected chi connectivity index (χ1v) is 6.75. The van der Waals surface area contributed by atoms with Crippen molar-refractivity contribution in [2.75, 3.05) is 28.0 Å². The van der Waals surface area contributed by atoms with Gasteiger partial charge in [-0.3, -0.25) is 4.39 Å². The fraction of sp³-hybridized carbons (Fsp3) is 0.455. The maximum absolute atomic E-state index is 12.1. The summed E-state index contributed by atoms with van der Waals surface area (Å²) < 4.78 is 28.2. The molecule has 0 aliphatic carbocycles. The number of aryl methyl sites for hydroxylation is 1. The second-order valence-corrected chi connectivity index (χ2v) is 6.22. The molecule has 0 saturated heterocycles. The third-order valence-electron chi connectivity index (χ3n) is 2.50. The van der Waals surface area contributed by atoms with Crippen molar-refractivity contribution in [1.29, 1.82) is 0 Å². The van der Waals surface area contributed by atoms with Gasteiger partial charge in [-0.15, -0.1) is 0 Å². The van der Waals surface area contributed by atoms with Crippen molar-refractivity contribution >= 4 is 14.0 Å². The molecule has 1 rings (SSSR count).